The minimum Gasteiger partial charge on any atom is -0.492 e. The summed E-state index contributed by atoms with van der Waals surface area (Å²) in [7, 11) is 0. The number of anilines is 1. The molecule has 20 heavy (non-hydrogen) atoms. The molecule has 1 atom stereocenters. The standard InChI is InChI=1S/C13H17F3N2O2/c1-3-20-11-7-5-4-6-10(11)18-9(2)12(19)17-8-13(14,15)16/h4-7,9,18H,3,8H2,1-2H3,(H,17,19). The highest BCUT2D eigenvalue weighted by Gasteiger charge is 2.28. The molecule has 1 unspecified atom stereocenters. The van der Waals surface area contributed by atoms with Gasteiger partial charge >= 0.3 is 6.18 Å². The van der Waals surface area contributed by atoms with Crippen LogP contribution in [0.15, 0.2) is 24.3 Å². The Hall–Kier alpha value is -1.92. The molecule has 0 radical (unpaired) electrons. The highest BCUT2D eigenvalue weighted by Crippen LogP contribution is 2.24. The molecule has 112 valence electrons. The Morgan fingerprint density at radius 1 is 1.35 bits per heavy atom. The van der Waals surface area contributed by atoms with Gasteiger partial charge in [-0.2, -0.15) is 13.2 Å². The first-order valence-electron chi connectivity index (χ1n) is 6.16. The lowest BCUT2D eigenvalue weighted by Crippen LogP contribution is -2.42. The molecule has 0 aliphatic heterocycles. The molecule has 0 bridgehead atoms. The van der Waals surface area contributed by atoms with Crippen LogP contribution in [0.1, 0.15) is 13.8 Å². The van der Waals surface area contributed by atoms with Gasteiger partial charge in [0.2, 0.25) is 5.91 Å². The number of alkyl halides is 3. The van der Waals surface area contributed by atoms with E-state index in [4.69, 9.17) is 4.74 Å². The first kappa shape index (κ1) is 16.1. The van der Waals surface area contributed by atoms with Crippen molar-refractivity contribution < 1.29 is 22.7 Å². The second kappa shape index (κ2) is 7.02. The maximum atomic E-state index is 12.0. The van der Waals surface area contributed by atoms with Crippen LogP contribution in [0.5, 0.6) is 5.75 Å². The topological polar surface area (TPSA) is 50.4 Å². The molecule has 0 saturated carbocycles. The van der Waals surface area contributed by atoms with Gasteiger partial charge in [0.25, 0.3) is 0 Å². The molecular formula is C13H17F3N2O2. The number of rotatable bonds is 6. The fourth-order valence-corrected chi connectivity index (χ4v) is 1.51. The van der Waals surface area contributed by atoms with Gasteiger partial charge in [0.05, 0.1) is 12.3 Å². The van der Waals surface area contributed by atoms with Crippen molar-refractivity contribution in [2.45, 2.75) is 26.1 Å². The Labute approximate surface area is 115 Å². The highest BCUT2D eigenvalue weighted by molar-refractivity contribution is 5.84. The molecule has 0 aliphatic carbocycles. The normalized spacial score (nSPS) is 12.7. The smallest absolute Gasteiger partial charge is 0.405 e. The third-order valence-corrected chi connectivity index (χ3v) is 2.42. The van der Waals surface area contributed by atoms with Crippen LogP contribution in [0.25, 0.3) is 0 Å². The fraction of sp³-hybridized carbons (Fsp3) is 0.462. The van der Waals surface area contributed by atoms with E-state index in [1.54, 1.807) is 24.3 Å². The zero-order valence-electron chi connectivity index (χ0n) is 11.3. The number of carbonyl (C=O) groups excluding carboxylic acids is 1. The van der Waals surface area contributed by atoms with E-state index in [2.05, 4.69) is 5.32 Å². The fourth-order valence-electron chi connectivity index (χ4n) is 1.51. The van der Waals surface area contributed by atoms with Crippen molar-refractivity contribution >= 4 is 11.6 Å². The number of amides is 1. The summed E-state index contributed by atoms with van der Waals surface area (Å²) in [6.45, 7) is 2.41. The number of carbonyl (C=O) groups is 1. The van der Waals surface area contributed by atoms with Gasteiger partial charge in [-0.25, -0.2) is 0 Å². The number of nitrogens with one attached hydrogen (secondary N) is 2. The van der Waals surface area contributed by atoms with E-state index >= 15 is 0 Å². The number of hydrogen-bond acceptors (Lipinski definition) is 3. The first-order valence-corrected chi connectivity index (χ1v) is 6.16. The van der Waals surface area contributed by atoms with Gasteiger partial charge in [-0.05, 0) is 26.0 Å². The van der Waals surface area contributed by atoms with Crippen molar-refractivity contribution in [2.75, 3.05) is 18.5 Å². The summed E-state index contributed by atoms with van der Waals surface area (Å²) in [4.78, 5) is 11.5. The molecular weight excluding hydrogens is 273 g/mol. The van der Waals surface area contributed by atoms with Crippen molar-refractivity contribution in [3.63, 3.8) is 0 Å². The average molecular weight is 290 g/mol. The van der Waals surface area contributed by atoms with Gasteiger partial charge in [-0.15, -0.1) is 0 Å². The van der Waals surface area contributed by atoms with Gasteiger partial charge in [-0.3, -0.25) is 4.79 Å². The molecule has 2 N–H and O–H groups in total. The summed E-state index contributed by atoms with van der Waals surface area (Å²) >= 11 is 0. The lowest BCUT2D eigenvalue weighted by atomic mass is 10.2. The van der Waals surface area contributed by atoms with E-state index in [-0.39, 0.29) is 0 Å². The Bertz CT molecular complexity index is 449. The summed E-state index contributed by atoms with van der Waals surface area (Å²) in [5.41, 5.74) is 0.559. The predicted molar refractivity (Wildman–Crippen MR) is 69.8 cm³/mol. The van der Waals surface area contributed by atoms with Gasteiger partial charge in [0.15, 0.2) is 0 Å². The van der Waals surface area contributed by atoms with Gasteiger partial charge in [0.1, 0.15) is 18.3 Å². The maximum absolute atomic E-state index is 12.0. The van der Waals surface area contributed by atoms with Gasteiger partial charge < -0.3 is 15.4 Å². The summed E-state index contributed by atoms with van der Waals surface area (Å²) in [6, 6.07) is 6.11. The second-order valence-corrected chi connectivity index (χ2v) is 4.13. The Morgan fingerprint density at radius 2 is 2.00 bits per heavy atom. The molecule has 0 spiro atoms. The predicted octanol–water partition coefficient (Wildman–Crippen LogP) is 2.56. The van der Waals surface area contributed by atoms with Crippen molar-refractivity contribution in [1.29, 1.82) is 0 Å². The van der Waals surface area contributed by atoms with E-state index < -0.39 is 24.7 Å². The summed E-state index contributed by atoms with van der Waals surface area (Å²) in [5, 5.41) is 4.65. The Morgan fingerprint density at radius 3 is 2.60 bits per heavy atom. The largest absolute Gasteiger partial charge is 0.492 e. The van der Waals surface area contributed by atoms with Crippen molar-refractivity contribution in [1.82, 2.24) is 5.32 Å². The number of ether oxygens (including phenoxy) is 1. The lowest BCUT2D eigenvalue weighted by Gasteiger charge is -2.18. The molecule has 0 heterocycles. The van der Waals surface area contributed by atoms with E-state index in [1.165, 1.54) is 6.92 Å². The third kappa shape index (κ3) is 5.38. The minimum atomic E-state index is -4.42. The van der Waals surface area contributed by atoms with Crippen molar-refractivity contribution in [3.8, 4) is 5.75 Å². The van der Waals surface area contributed by atoms with Crippen molar-refractivity contribution in [3.05, 3.63) is 24.3 Å². The van der Waals surface area contributed by atoms with E-state index in [1.807, 2.05) is 12.2 Å². The van der Waals surface area contributed by atoms with Crippen LogP contribution < -0.4 is 15.4 Å². The summed E-state index contributed by atoms with van der Waals surface area (Å²) in [6.07, 6.45) is -4.42. The quantitative estimate of drug-likeness (QED) is 0.846. The molecule has 1 amide bonds. The van der Waals surface area contributed by atoms with E-state index in [0.29, 0.717) is 18.0 Å². The molecule has 1 aromatic carbocycles. The van der Waals surface area contributed by atoms with Crippen LogP contribution in [-0.4, -0.2) is 31.3 Å². The lowest BCUT2D eigenvalue weighted by molar-refractivity contribution is -0.138. The molecule has 0 fully saturated rings. The molecule has 1 aromatic rings. The Balaban J connectivity index is 2.61. The van der Waals surface area contributed by atoms with Crippen LogP contribution in [-0.2, 0) is 4.79 Å². The van der Waals surface area contributed by atoms with Crippen LogP contribution in [0, 0.1) is 0 Å². The van der Waals surface area contributed by atoms with Gasteiger partial charge in [0, 0.05) is 0 Å². The van der Waals surface area contributed by atoms with Crippen LogP contribution in [0.3, 0.4) is 0 Å². The molecule has 7 heteroatoms. The van der Waals surface area contributed by atoms with Crippen LogP contribution in [0.2, 0.25) is 0 Å². The van der Waals surface area contributed by atoms with Gasteiger partial charge in [-0.1, -0.05) is 12.1 Å². The maximum Gasteiger partial charge on any atom is 0.405 e. The molecule has 0 saturated heterocycles. The second-order valence-electron chi connectivity index (χ2n) is 4.13. The van der Waals surface area contributed by atoms with E-state index in [0.717, 1.165) is 0 Å². The number of benzene rings is 1. The summed E-state index contributed by atoms with van der Waals surface area (Å²) in [5.74, 6) is -0.181. The van der Waals surface area contributed by atoms with Crippen molar-refractivity contribution in [2.24, 2.45) is 0 Å². The molecule has 4 nitrogen and oxygen atoms in total. The number of hydrogen-bond donors (Lipinski definition) is 2. The summed E-state index contributed by atoms with van der Waals surface area (Å²) < 4.78 is 41.4. The molecule has 0 aromatic heterocycles. The Kier molecular flexibility index (Phi) is 5.66. The molecule has 1 rings (SSSR count). The molecule has 0 aliphatic rings. The van der Waals surface area contributed by atoms with E-state index in [9.17, 15) is 18.0 Å². The monoisotopic (exact) mass is 290 g/mol. The first-order chi connectivity index (χ1) is 9.33. The van der Waals surface area contributed by atoms with Crippen LogP contribution >= 0.6 is 0 Å². The number of para-hydroxylation sites is 2. The zero-order valence-corrected chi connectivity index (χ0v) is 11.3. The number of halogens is 3. The zero-order chi connectivity index (χ0) is 15.2. The SMILES string of the molecule is CCOc1ccccc1NC(C)C(=O)NCC(F)(F)F. The minimum absolute atomic E-state index is 0.452. The average Bonchev–Trinajstić information content (AvgIpc) is 2.37. The third-order valence-electron chi connectivity index (χ3n) is 2.42. The highest BCUT2D eigenvalue weighted by atomic mass is 19.4. The van der Waals surface area contributed by atoms with Crippen LogP contribution in [0.4, 0.5) is 18.9 Å².